The Morgan fingerprint density at radius 3 is 2.27 bits per heavy atom. The summed E-state index contributed by atoms with van der Waals surface area (Å²) >= 11 is 0. The number of unbranched alkanes of at least 4 members (excludes halogenated alkanes) is 4. The number of aliphatic hydroxyl groups excluding tert-OH is 1. The second-order valence-corrected chi connectivity index (χ2v) is 13.2. The highest BCUT2D eigenvalue weighted by molar-refractivity contribution is 6.00. The average Bonchev–Trinajstić information content (AvgIpc) is 2.84. The maximum atomic E-state index is 13.4. The van der Waals surface area contributed by atoms with Crippen molar-refractivity contribution in [2.24, 2.45) is 11.3 Å². The number of ketones is 1. The van der Waals surface area contributed by atoms with Crippen LogP contribution in [0.1, 0.15) is 140 Å². The van der Waals surface area contributed by atoms with Crippen LogP contribution in [-0.4, -0.2) is 48.1 Å². The van der Waals surface area contributed by atoms with E-state index >= 15 is 0 Å². The van der Waals surface area contributed by atoms with E-state index in [0.717, 1.165) is 36.4 Å². The second-order valence-electron chi connectivity index (χ2n) is 13.2. The minimum absolute atomic E-state index is 0.00736. The molecule has 37 heavy (non-hydrogen) atoms. The van der Waals surface area contributed by atoms with Gasteiger partial charge in [0.05, 0.1) is 0 Å². The number of hydrogen-bond donors (Lipinski definition) is 1. The van der Waals surface area contributed by atoms with Gasteiger partial charge in [0.2, 0.25) is 0 Å². The van der Waals surface area contributed by atoms with E-state index in [0.29, 0.717) is 18.9 Å². The lowest BCUT2D eigenvalue weighted by Crippen LogP contribution is -2.49. The highest BCUT2D eigenvalue weighted by Gasteiger charge is 2.52. The van der Waals surface area contributed by atoms with E-state index in [-0.39, 0.29) is 29.1 Å². The summed E-state index contributed by atoms with van der Waals surface area (Å²) in [7, 11) is 0. The molecule has 1 saturated carbocycles. The van der Waals surface area contributed by atoms with Crippen LogP contribution in [0.15, 0.2) is 12.1 Å². The lowest BCUT2D eigenvalue weighted by atomic mass is 9.50. The highest BCUT2D eigenvalue weighted by atomic mass is 16.5. The van der Waals surface area contributed by atoms with Gasteiger partial charge in [-0.2, -0.15) is 0 Å². The van der Waals surface area contributed by atoms with Crippen LogP contribution in [0.5, 0.6) is 5.75 Å². The van der Waals surface area contributed by atoms with Gasteiger partial charge in [0, 0.05) is 18.5 Å². The van der Waals surface area contributed by atoms with Gasteiger partial charge in [-0.3, -0.25) is 4.79 Å². The molecule has 3 rings (SSSR count). The lowest BCUT2D eigenvalue weighted by Gasteiger charge is -2.54. The van der Waals surface area contributed by atoms with E-state index in [1.165, 1.54) is 56.9 Å². The number of fused-ring (bicyclic) bond motifs is 3. The first-order valence-corrected chi connectivity index (χ1v) is 15.3. The molecule has 0 spiro atoms. The number of carbonyl (C=O) groups is 1. The van der Waals surface area contributed by atoms with Crippen molar-refractivity contribution in [3.05, 3.63) is 28.8 Å². The van der Waals surface area contributed by atoms with Gasteiger partial charge in [-0.1, -0.05) is 80.6 Å². The first-order valence-electron chi connectivity index (χ1n) is 15.3. The van der Waals surface area contributed by atoms with E-state index in [9.17, 15) is 9.90 Å². The predicted molar refractivity (Wildman–Crippen MR) is 155 cm³/mol. The van der Waals surface area contributed by atoms with Crippen LogP contribution in [0.2, 0.25) is 0 Å². The van der Waals surface area contributed by atoms with Crippen molar-refractivity contribution in [3.8, 4) is 5.75 Å². The summed E-state index contributed by atoms with van der Waals surface area (Å²) in [5.41, 5.74) is 3.32. The number of carbonyl (C=O) groups excluding carboxylic acids is 1. The zero-order valence-corrected chi connectivity index (χ0v) is 25.0. The van der Waals surface area contributed by atoms with Gasteiger partial charge in [-0.25, -0.2) is 0 Å². The Morgan fingerprint density at radius 1 is 1.03 bits per heavy atom. The fourth-order valence-corrected chi connectivity index (χ4v) is 7.12. The molecule has 2 aliphatic rings. The zero-order chi connectivity index (χ0) is 27.2. The Bertz CT molecular complexity index is 882. The fourth-order valence-electron chi connectivity index (χ4n) is 7.12. The summed E-state index contributed by atoms with van der Waals surface area (Å²) in [4.78, 5) is 15.8. The number of nitrogens with zero attached hydrogens (tertiary/aromatic N) is 1. The number of aliphatic hydroxyl groups is 1. The van der Waals surface area contributed by atoms with E-state index in [4.69, 9.17) is 4.74 Å². The van der Waals surface area contributed by atoms with Crippen LogP contribution in [-0.2, 0) is 5.41 Å². The third kappa shape index (κ3) is 7.18. The van der Waals surface area contributed by atoms with Crippen molar-refractivity contribution < 1.29 is 14.6 Å². The molecular formula is C33H55NO3. The number of Topliss-reactive ketones (excluding diaryl/α,β-unsaturated/α-hetero) is 1. The van der Waals surface area contributed by atoms with Gasteiger partial charge in [0.25, 0.3) is 0 Å². The van der Waals surface area contributed by atoms with Crippen molar-refractivity contribution >= 4 is 5.78 Å². The van der Waals surface area contributed by atoms with Crippen molar-refractivity contribution in [3.63, 3.8) is 0 Å². The SMILES string of the molecule is CCCCCN(CCCCC)CC(O)COc1cc2c(cc1C(C)C)C(=O)C[C@H]1C(C)(C)CCC[C@]21C. The Morgan fingerprint density at radius 2 is 1.68 bits per heavy atom. The molecular weight excluding hydrogens is 458 g/mol. The molecule has 210 valence electrons. The molecule has 4 nitrogen and oxygen atoms in total. The molecule has 1 aromatic carbocycles. The van der Waals surface area contributed by atoms with Gasteiger partial charge < -0.3 is 14.7 Å². The van der Waals surface area contributed by atoms with E-state index in [2.05, 4.69) is 65.5 Å². The molecule has 1 aromatic rings. The maximum absolute atomic E-state index is 13.4. The molecule has 0 amide bonds. The molecule has 0 heterocycles. The van der Waals surface area contributed by atoms with Gasteiger partial charge in [0.15, 0.2) is 5.78 Å². The maximum Gasteiger partial charge on any atom is 0.163 e. The van der Waals surface area contributed by atoms with Crippen LogP contribution in [0.25, 0.3) is 0 Å². The molecule has 1 fully saturated rings. The third-order valence-corrected chi connectivity index (χ3v) is 9.36. The van der Waals surface area contributed by atoms with Crippen LogP contribution < -0.4 is 4.74 Å². The number of rotatable bonds is 14. The predicted octanol–water partition coefficient (Wildman–Crippen LogP) is 7.90. The summed E-state index contributed by atoms with van der Waals surface area (Å²) in [5.74, 6) is 1.75. The topological polar surface area (TPSA) is 49.8 Å². The largest absolute Gasteiger partial charge is 0.491 e. The quantitative estimate of drug-likeness (QED) is 0.257. The van der Waals surface area contributed by atoms with Gasteiger partial charge >= 0.3 is 0 Å². The van der Waals surface area contributed by atoms with Gasteiger partial charge in [-0.05, 0) is 84.7 Å². The lowest BCUT2D eigenvalue weighted by molar-refractivity contribution is 0.0364. The summed E-state index contributed by atoms with van der Waals surface area (Å²) in [6, 6.07) is 4.30. The Kier molecular flexibility index (Phi) is 10.7. The average molecular weight is 514 g/mol. The molecule has 0 aliphatic heterocycles. The normalized spacial score (nSPS) is 23.7. The third-order valence-electron chi connectivity index (χ3n) is 9.36. The molecule has 0 aromatic heterocycles. The monoisotopic (exact) mass is 513 g/mol. The smallest absolute Gasteiger partial charge is 0.163 e. The number of ether oxygens (including phenoxy) is 1. The Labute approximate surface area is 227 Å². The highest BCUT2D eigenvalue weighted by Crippen LogP contribution is 2.57. The van der Waals surface area contributed by atoms with Gasteiger partial charge in [0.1, 0.15) is 18.5 Å². The molecule has 4 heteroatoms. The van der Waals surface area contributed by atoms with E-state index in [1.54, 1.807) is 0 Å². The first kappa shape index (κ1) is 30.2. The Hall–Kier alpha value is -1.39. The van der Waals surface area contributed by atoms with Crippen LogP contribution >= 0.6 is 0 Å². The minimum Gasteiger partial charge on any atom is -0.491 e. The summed E-state index contributed by atoms with van der Waals surface area (Å²) in [6.45, 7) is 18.9. The standard InChI is InChI=1S/C33H55NO3/c1-8-10-12-17-34(18-13-11-9-2)22-25(35)23-37-30-20-28-27(19-26(30)24(3)4)29(36)21-31-32(5,6)15-14-16-33(28,31)7/h19-20,24-25,31,35H,8-18,21-23H2,1-7H3/t25?,31-,33+/m0/s1. The van der Waals surface area contributed by atoms with Crippen LogP contribution in [0.3, 0.4) is 0 Å². The second kappa shape index (κ2) is 13.1. The van der Waals surface area contributed by atoms with Gasteiger partial charge in [-0.15, -0.1) is 0 Å². The number of hydrogen-bond acceptors (Lipinski definition) is 4. The summed E-state index contributed by atoms with van der Waals surface area (Å²) in [5, 5.41) is 11.0. The van der Waals surface area contributed by atoms with Crippen molar-refractivity contribution in [2.75, 3.05) is 26.2 Å². The molecule has 2 aliphatic carbocycles. The van der Waals surface area contributed by atoms with Crippen molar-refractivity contribution in [2.45, 2.75) is 130 Å². The summed E-state index contributed by atoms with van der Waals surface area (Å²) in [6.07, 6.45) is 10.9. The van der Waals surface area contributed by atoms with Crippen molar-refractivity contribution in [1.82, 2.24) is 4.90 Å². The zero-order valence-electron chi connectivity index (χ0n) is 25.0. The molecule has 1 N–H and O–H groups in total. The molecule has 3 atom stereocenters. The molecule has 0 radical (unpaired) electrons. The molecule has 0 bridgehead atoms. The number of benzene rings is 1. The van der Waals surface area contributed by atoms with Crippen molar-refractivity contribution in [1.29, 1.82) is 0 Å². The summed E-state index contributed by atoms with van der Waals surface area (Å²) < 4.78 is 6.40. The van der Waals surface area contributed by atoms with E-state index < -0.39 is 6.10 Å². The van der Waals surface area contributed by atoms with Crippen LogP contribution in [0, 0.1) is 11.3 Å². The molecule has 1 unspecified atom stereocenters. The van der Waals surface area contributed by atoms with Crippen LogP contribution in [0.4, 0.5) is 0 Å². The first-order chi connectivity index (χ1) is 17.5. The minimum atomic E-state index is -0.530. The fraction of sp³-hybridized carbons (Fsp3) is 0.788. The van der Waals surface area contributed by atoms with E-state index in [1.807, 2.05) is 0 Å². The Balaban J connectivity index is 1.79. The molecule has 0 saturated heterocycles.